The number of hydrogen-bond acceptors (Lipinski definition) is 5. The molecule has 0 rings (SSSR count). The predicted octanol–water partition coefficient (Wildman–Crippen LogP) is 5.92. The zero-order valence-electron chi connectivity index (χ0n) is 19.1. The van der Waals surface area contributed by atoms with Crippen molar-refractivity contribution in [1.82, 2.24) is 0 Å². The lowest BCUT2D eigenvalue weighted by Gasteiger charge is -2.05. The van der Waals surface area contributed by atoms with Crippen LogP contribution in [0.25, 0.3) is 0 Å². The first-order valence-corrected chi connectivity index (χ1v) is 11.5. The highest BCUT2D eigenvalue weighted by atomic mass is 16.5. The Bertz CT molecular complexity index is 562. The van der Waals surface area contributed by atoms with Crippen LogP contribution in [-0.2, 0) is 23.9 Å². The van der Waals surface area contributed by atoms with Crippen LogP contribution >= 0.6 is 0 Å². The van der Waals surface area contributed by atoms with E-state index in [2.05, 4.69) is 43.4 Å². The minimum Gasteiger partial charge on any atom is -0.481 e. The Hall–Kier alpha value is -2.37. The minimum atomic E-state index is -1.03. The number of esters is 2. The molecule has 0 aliphatic heterocycles. The van der Waals surface area contributed by atoms with Crippen LogP contribution in [0.4, 0.5) is 0 Å². The number of aliphatic carboxylic acids is 1. The van der Waals surface area contributed by atoms with Crippen molar-refractivity contribution in [2.75, 3.05) is 13.2 Å². The molecule has 0 saturated carbocycles. The Morgan fingerprint density at radius 2 is 1.16 bits per heavy atom. The summed E-state index contributed by atoms with van der Waals surface area (Å²) in [6.45, 7) is 2.54. The smallest absolute Gasteiger partial charge is 0.306 e. The van der Waals surface area contributed by atoms with Gasteiger partial charge in [0.2, 0.25) is 0 Å². The zero-order chi connectivity index (χ0) is 23.0. The van der Waals surface area contributed by atoms with Crippen molar-refractivity contribution in [2.24, 2.45) is 0 Å². The molecule has 0 aromatic heterocycles. The van der Waals surface area contributed by atoms with Crippen molar-refractivity contribution >= 4 is 17.9 Å². The molecule has 0 saturated heterocycles. The summed E-state index contributed by atoms with van der Waals surface area (Å²) in [7, 11) is 0. The second-order valence-electron chi connectivity index (χ2n) is 7.32. The van der Waals surface area contributed by atoms with E-state index in [1.807, 2.05) is 0 Å². The summed E-state index contributed by atoms with van der Waals surface area (Å²) in [5.41, 5.74) is 0. The van der Waals surface area contributed by atoms with Crippen LogP contribution in [-0.4, -0.2) is 36.2 Å². The van der Waals surface area contributed by atoms with Crippen LogP contribution < -0.4 is 0 Å². The maximum absolute atomic E-state index is 11.6. The van der Waals surface area contributed by atoms with Gasteiger partial charge in [0.25, 0.3) is 0 Å². The highest BCUT2D eigenvalue weighted by molar-refractivity contribution is 5.76. The predicted molar refractivity (Wildman–Crippen MR) is 123 cm³/mol. The van der Waals surface area contributed by atoms with E-state index in [0.29, 0.717) is 12.8 Å². The maximum Gasteiger partial charge on any atom is 0.306 e. The molecule has 1 N–H and O–H groups in total. The van der Waals surface area contributed by atoms with E-state index in [9.17, 15) is 14.4 Å². The van der Waals surface area contributed by atoms with Gasteiger partial charge in [0, 0.05) is 12.8 Å². The maximum atomic E-state index is 11.6. The fourth-order valence-corrected chi connectivity index (χ4v) is 2.61. The average Bonchev–Trinajstić information content (AvgIpc) is 2.74. The van der Waals surface area contributed by atoms with Crippen LogP contribution in [0.1, 0.15) is 90.4 Å². The lowest BCUT2D eigenvalue weighted by molar-refractivity contribution is -0.149. The summed E-state index contributed by atoms with van der Waals surface area (Å²) in [6, 6.07) is 0. The van der Waals surface area contributed by atoms with E-state index in [1.54, 1.807) is 0 Å². The first-order valence-electron chi connectivity index (χ1n) is 11.5. The number of carboxylic acid groups (broad SMARTS) is 1. The molecular formula is C25H40O6. The van der Waals surface area contributed by atoms with Gasteiger partial charge in [0.1, 0.15) is 0 Å². The molecule has 6 heteroatoms. The van der Waals surface area contributed by atoms with Crippen molar-refractivity contribution in [3.63, 3.8) is 0 Å². The van der Waals surface area contributed by atoms with Gasteiger partial charge in [-0.3, -0.25) is 14.4 Å². The first-order chi connectivity index (χ1) is 15.1. The molecule has 0 unspecified atom stereocenters. The van der Waals surface area contributed by atoms with Gasteiger partial charge in [-0.1, -0.05) is 56.2 Å². The summed E-state index contributed by atoms with van der Waals surface area (Å²) in [6.07, 6.45) is 23.2. The molecule has 176 valence electrons. The van der Waals surface area contributed by atoms with Gasteiger partial charge < -0.3 is 14.6 Å². The van der Waals surface area contributed by atoms with E-state index >= 15 is 0 Å². The molecule has 0 aromatic rings. The third-order valence-electron chi connectivity index (χ3n) is 4.38. The SMILES string of the molecule is CCCCC/C=C\C/C=C\C/C=C\CCCCC(=O)OCCCOC(=O)CCC(=O)O. The molecule has 0 bridgehead atoms. The molecule has 0 atom stereocenters. The van der Waals surface area contributed by atoms with Crippen LogP contribution in [0.5, 0.6) is 0 Å². The van der Waals surface area contributed by atoms with E-state index < -0.39 is 11.9 Å². The molecule has 0 aromatic carbocycles. The number of carboxylic acids is 1. The Morgan fingerprint density at radius 1 is 0.645 bits per heavy atom. The molecule has 0 aliphatic rings. The Morgan fingerprint density at radius 3 is 1.71 bits per heavy atom. The van der Waals surface area contributed by atoms with E-state index in [4.69, 9.17) is 14.6 Å². The summed E-state index contributed by atoms with van der Waals surface area (Å²) in [4.78, 5) is 33.2. The van der Waals surface area contributed by atoms with Gasteiger partial charge in [-0.25, -0.2) is 0 Å². The topological polar surface area (TPSA) is 89.9 Å². The number of hydrogen-bond donors (Lipinski definition) is 1. The molecule has 0 aliphatic carbocycles. The fraction of sp³-hybridized carbons (Fsp3) is 0.640. The quantitative estimate of drug-likeness (QED) is 0.145. The normalized spacial score (nSPS) is 11.5. The van der Waals surface area contributed by atoms with Crippen molar-refractivity contribution in [1.29, 1.82) is 0 Å². The number of carbonyl (C=O) groups is 3. The number of allylic oxidation sites excluding steroid dienone is 6. The fourth-order valence-electron chi connectivity index (χ4n) is 2.61. The van der Waals surface area contributed by atoms with E-state index in [-0.39, 0.29) is 32.0 Å². The van der Waals surface area contributed by atoms with Crippen LogP contribution in [0, 0.1) is 0 Å². The highest BCUT2D eigenvalue weighted by Crippen LogP contribution is 2.04. The molecule has 0 amide bonds. The molecule has 0 radical (unpaired) electrons. The Labute approximate surface area is 187 Å². The summed E-state index contributed by atoms with van der Waals surface area (Å²) < 4.78 is 9.94. The Balaban J connectivity index is 3.46. The van der Waals surface area contributed by atoms with Gasteiger partial charge in [0.05, 0.1) is 26.1 Å². The summed E-state index contributed by atoms with van der Waals surface area (Å²) in [5, 5.41) is 8.46. The second-order valence-corrected chi connectivity index (χ2v) is 7.32. The standard InChI is InChI=1S/C25H40O6/c1-2-3-4-5-6-7-8-9-10-11-12-13-14-15-16-18-24(28)30-21-17-22-31-25(29)20-19-23(26)27/h6-7,9-10,12-13H,2-5,8,11,14-22H2,1H3,(H,26,27)/b7-6-,10-9-,13-12-. The van der Waals surface area contributed by atoms with Crippen LogP contribution in [0.2, 0.25) is 0 Å². The molecule has 31 heavy (non-hydrogen) atoms. The monoisotopic (exact) mass is 436 g/mol. The number of unbranched alkanes of at least 4 members (excludes halogenated alkanes) is 5. The van der Waals surface area contributed by atoms with Gasteiger partial charge >= 0.3 is 17.9 Å². The number of rotatable bonds is 20. The second kappa shape index (κ2) is 22.3. The first kappa shape index (κ1) is 28.6. The van der Waals surface area contributed by atoms with Crippen molar-refractivity contribution in [2.45, 2.75) is 90.4 Å². The molecule has 0 heterocycles. The number of carbonyl (C=O) groups excluding carboxylic acids is 2. The molecule has 6 nitrogen and oxygen atoms in total. The van der Waals surface area contributed by atoms with Gasteiger partial charge in [-0.15, -0.1) is 0 Å². The minimum absolute atomic E-state index is 0.125. The lowest BCUT2D eigenvalue weighted by atomic mass is 10.1. The molecule has 0 fully saturated rings. The molecular weight excluding hydrogens is 396 g/mol. The van der Waals surface area contributed by atoms with Crippen molar-refractivity contribution in [3.05, 3.63) is 36.5 Å². The Kier molecular flexibility index (Phi) is 20.6. The van der Waals surface area contributed by atoms with Crippen LogP contribution in [0.15, 0.2) is 36.5 Å². The van der Waals surface area contributed by atoms with Gasteiger partial charge in [-0.05, 0) is 44.9 Å². The highest BCUT2D eigenvalue weighted by Gasteiger charge is 2.07. The lowest BCUT2D eigenvalue weighted by Crippen LogP contribution is -2.11. The summed E-state index contributed by atoms with van der Waals surface area (Å²) in [5.74, 6) is -1.83. The third-order valence-corrected chi connectivity index (χ3v) is 4.38. The number of ether oxygens (including phenoxy) is 2. The molecule has 0 spiro atoms. The summed E-state index contributed by atoms with van der Waals surface area (Å²) >= 11 is 0. The van der Waals surface area contributed by atoms with E-state index in [0.717, 1.165) is 32.1 Å². The average molecular weight is 437 g/mol. The van der Waals surface area contributed by atoms with Crippen LogP contribution in [0.3, 0.4) is 0 Å². The van der Waals surface area contributed by atoms with Gasteiger partial charge in [0.15, 0.2) is 0 Å². The largest absolute Gasteiger partial charge is 0.481 e. The third kappa shape index (κ3) is 23.8. The zero-order valence-corrected chi connectivity index (χ0v) is 19.1. The van der Waals surface area contributed by atoms with Gasteiger partial charge in [-0.2, -0.15) is 0 Å². The van der Waals surface area contributed by atoms with Crippen molar-refractivity contribution in [3.8, 4) is 0 Å². The van der Waals surface area contributed by atoms with E-state index in [1.165, 1.54) is 25.7 Å². The van der Waals surface area contributed by atoms with Crippen molar-refractivity contribution < 1.29 is 29.0 Å².